The lowest BCUT2D eigenvalue weighted by Gasteiger charge is -2.35. The average Bonchev–Trinajstić information content (AvgIpc) is 2.59. The molecule has 0 radical (unpaired) electrons. The van der Waals surface area contributed by atoms with Gasteiger partial charge in [-0.25, -0.2) is 0 Å². The molecule has 0 bridgehead atoms. The molecule has 1 saturated heterocycles. The number of nitrogens with one attached hydrogen (secondary N) is 1. The number of hydrogen-bond donors (Lipinski definition) is 1. The third-order valence-corrected chi connectivity index (χ3v) is 4.80. The number of anilines is 2. The summed E-state index contributed by atoms with van der Waals surface area (Å²) in [5.41, 5.74) is 1.90. The van der Waals surface area contributed by atoms with E-state index in [-0.39, 0.29) is 5.91 Å². The summed E-state index contributed by atoms with van der Waals surface area (Å²) in [4.78, 5) is 16.5. The molecular formula is C18H19Cl2N3O. The molecule has 0 atom stereocenters. The molecule has 1 heterocycles. The Labute approximate surface area is 152 Å². The van der Waals surface area contributed by atoms with Gasteiger partial charge in [0, 0.05) is 37.6 Å². The van der Waals surface area contributed by atoms with Crippen LogP contribution < -0.4 is 10.2 Å². The van der Waals surface area contributed by atoms with Crippen LogP contribution in [0.3, 0.4) is 0 Å². The van der Waals surface area contributed by atoms with Crippen LogP contribution in [0.2, 0.25) is 10.0 Å². The van der Waals surface area contributed by atoms with Crippen LogP contribution in [0.4, 0.5) is 11.4 Å². The molecule has 0 saturated carbocycles. The first kappa shape index (κ1) is 17.1. The highest BCUT2D eigenvalue weighted by atomic mass is 35.5. The number of piperazine rings is 1. The topological polar surface area (TPSA) is 35.6 Å². The van der Waals surface area contributed by atoms with Crippen LogP contribution in [0.15, 0.2) is 48.5 Å². The summed E-state index contributed by atoms with van der Waals surface area (Å²) in [5.74, 6) is 0.0178. The molecule has 1 amide bonds. The van der Waals surface area contributed by atoms with Crippen molar-refractivity contribution in [3.63, 3.8) is 0 Å². The van der Waals surface area contributed by atoms with E-state index in [4.69, 9.17) is 23.2 Å². The van der Waals surface area contributed by atoms with Crippen molar-refractivity contribution in [3.8, 4) is 0 Å². The Morgan fingerprint density at radius 3 is 2.33 bits per heavy atom. The minimum atomic E-state index is 0.0178. The summed E-state index contributed by atoms with van der Waals surface area (Å²) < 4.78 is 0. The summed E-state index contributed by atoms with van der Waals surface area (Å²) in [6, 6.07) is 15.2. The van der Waals surface area contributed by atoms with E-state index in [2.05, 4.69) is 15.1 Å². The molecular weight excluding hydrogens is 345 g/mol. The van der Waals surface area contributed by atoms with Gasteiger partial charge in [0.2, 0.25) is 5.91 Å². The van der Waals surface area contributed by atoms with Crippen molar-refractivity contribution in [3.05, 3.63) is 58.6 Å². The first-order valence-electron chi connectivity index (χ1n) is 7.89. The number of hydrogen-bond acceptors (Lipinski definition) is 3. The van der Waals surface area contributed by atoms with Crippen LogP contribution in [0.1, 0.15) is 0 Å². The van der Waals surface area contributed by atoms with Crippen LogP contribution >= 0.6 is 23.2 Å². The molecule has 0 unspecified atom stereocenters. The minimum absolute atomic E-state index is 0.0178. The van der Waals surface area contributed by atoms with E-state index in [1.165, 1.54) is 0 Å². The smallest absolute Gasteiger partial charge is 0.238 e. The molecule has 0 aliphatic carbocycles. The first-order chi connectivity index (χ1) is 11.6. The normalized spacial score (nSPS) is 15.3. The van der Waals surface area contributed by atoms with Crippen LogP contribution in [-0.4, -0.2) is 43.5 Å². The van der Waals surface area contributed by atoms with E-state index in [0.717, 1.165) is 37.6 Å². The van der Waals surface area contributed by atoms with E-state index < -0.39 is 0 Å². The maximum atomic E-state index is 12.1. The maximum Gasteiger partial charge on any atom is 0.238 e. The highest BCUT2D eigenvalue weighted by Gasteiger charge is 2.19. The van der Waals surface area contributed by atoms with Crippen molar-refractivity contribution in [2.45, 2.75) is 0 Å². The second-order valence-electron chi connectivity index (χ2n) is 5.78. The van der Waals surface area contributed by atoms with Crippen molar-refractivity contribution < 1.29 is 4.79 Å². The Morgan fingerprint density at radius 2 is 1.67 bits per heavy atom. The van der Waals surface area contributed by atoms with Gasteiger partial charge in [0.1, 0.15) is 0 Å². The largest absolute Gasteiger partial charge is 0.369 e. The summed E-state index contributed by atoms with van der Waals surface area (Å²) in [6.07, 6.45) is 0. The van der Waals surface area contributed by atoms with Crippen molar-refractivity contribution in [2.24, 2.45) is 0 Å². The predicted molar refractivity (Wildman–Crippen MR) is 100 cm³/mol. The molecule has 4 nitrogen and oxygen atoms in total. The molecule has 6 heteroatoms. The quantitative estimate of drug-likeness (QED) is 0.898. The van der Waals surface area contributed by atoms with Crippen LogP contribution in [0.25, 0.3) is 0 Å². The van der Waals surface area contributed by atoms with Gasteiger partial charge in [-0.2, -0.15) is 0 Å². The molecule has 2 aromatic carbocycles. The third-order valence-electron chi connectivity index (χ3n) is 4.07. The summed E-state index contributed by atoms with van der Waals surface area (Å²) in [5, 5.41) is 4.05. The minimum Gasteiger partial charge on any atom is -0.369 e. The van der Waals surface area contributed by atoms with E-state index in [1.807, 2.05) is 48.5 Å². The number of halogens is 2. The monoisotopic (exact) mass is 363 g/mol. The van der Waals surface area contributed by atoms with Gasteiger partial charge < -0.3 is 10.2 Å². The van der Waals surface area contributed by atoms with Crippen molar-refractivity contribution >= 4 is 40.5 Å². The predicted octanol–water partition coefficient (Wildman–Crippen LogP) is 3.75. The Balaban J connectivity index is 1.50. The van der Waals surface area contributed by atoms with Gasteiger partial charge in [0.05, 0.1) is 16.6 Å². The Hall–Kier alpha value is -1.75. The number of amides is 1. The summed E-state index contributed by atoms with van der Waals surface area (Å²) in [6.45, 7) is 3.79. The molecule has 1 fully saturated rings. The maximum absolute atomic E-state index is 12.1. The number of nitrogens with zero attached hydrogens (tertiary/aromatic N) is 2. The van der Waals surface area contributed by atoms with Gasteiger partial charge in [-0.3, -0.25) is 9.69 Å². The van der Waals surface area contributed by atoms with Gasteiger partial charge >= 0.3 is 0 Å². The third kappa shape index (κ3) is 4.41. The van der Waals surface area contributed by atoms with E-state index in [9.17, 15) is 4.79 Å². The molecule has 1 aliphatic rings. The van der Waals surface area contributed by atoms with Crippen molar-refractivity contribution in [2.75, 3.05) is 42.9 Å². The number of carbonyl (C=O) groups excluding carboxylic acids is 1. The van der Waals surface area contributed by atoms with E-state index in [0.29, 0.717) is 16.6 Å². The highest BCUT2D eigenvalue weighted by molar-refractivity contribution is 6.42. The Bertz CT molecular complexity index is 701. The second kappa shape index (κ2) is 7.88. The molecule has 1 N–H and O–H groups in total. The van der Waals surface area contributed by atoms with Crippen molar-refractivity contribution in [1.82, 2.24) is 4.90 Å². The first-order valence-corrected chi connectivity index (χ1v) is 8.65. The lowest BCUT2D eigenvalue weighted by Crippen LogP contribution is -2.48. The fourth-order valence-corrected chi connectivity index (χ4v) is 3.06. The fourth-order valence-electron chi connectivity index (χ4n) is 2.77. The zero-order valence-corrected chi connectivity index (χ0v) is 14.7. The lowest BCUT2D eigenvalue weighted by atomic mass is 10.2. The summed E-state index contributed by atoms with van der Waals surface area (Å²) in [7, 11) is 0. The van der Waals surface area contributed by atoms with Crippen LogP contribution in [-0.2, 0) is 4.79 Å². The lowest BCUT2D eigenvalue weighted by molar-refractivity contribution is -0.117. The zero-order chi connectivity index (χ0) is 16.9. The van der Waals surface area contributed by atoms with Crippen molar-refractivity contribution in [1.29, 1.82) is 0 Å². The number of carbonyl (C=O) groups is 1. The van der Waals surface area contributed by atoms with E-state index >= 15 is 0 Å². The Morgan fingerprint density at radius 1 is 0.958 bits per heavy atom. The fraction of sp³-hybridized carbons (Fsp3) is 0.278. The molecule has 1 aliphatic heterocycles. The SMILES string of the molecule is O=C(CN1CCN(c2ccc(Cl)c(Cl)c2)CC1)Nc1ccccc1. The van der Waals surface area contributed by atoms with Gasteiger partial charge in [-0.05, 0) is 30.3 Å². The van der Waals surface area contributed by atoms with E-state index in [1.54, 1.807) is 0 Å². The van der Waals surface area contributed by atoms with Gasteiger partial charge in [-0.1, -0.05) is 41.4 Å². The molecule has 0 spiro atoms. The van der Waals surface area contributed by atoms with Gasteiger partial charge in [0.15, 0.2) is 0 Å². The van der Waals surface area contributed by atoms with Gasteiger partial charge in [0.25, 0.3) is 0 Å². The number of rotatable bonds is 4. The highest BCUT2D eigenvalue weighted by Crippen LogP contribution is 2.27. The molecule has 2 aromatic rings. The Kier molecular flexibility index (Phi) is 5.61. The second-order valence-corrected chi connectivity index (χ2v) is 6.59. The number of para-hydroxylation sites is 1. The molecule has 24 heavy (non-hydrogen) atoms. The molecule has 0 aromatic heterocycles. The van der Waals surface area contributed by atoms with Gasteiger partial charge in [-0.15, -0.1) is 0 Å². The van der Waals surface area contributed by atoms with Crippen LogP contribution in [0, 0.1) is 0 Å². The average molecular weight is 364 g/mol. The molecule has 126 valence electrons. The standard InChI is InChI=1S/C18H19Cl2N3O/c19-16-7-6-15(12-17(16)20)23-10-8-22(9-11-23)13-18(24)21-14-4-2-1-3-5-14/h1-7,12H,8-11,13H2,(H,21,24). The molecule has 3 rings (SSSR count). The zero-order valence-electron chi connectivity index (χ0n) is 13.2. The summed E-state index contributed by atoms with van der Waals surface area (Å²) >= 11 is 12.0. The van der Waals surface area contributed by atoms with Crippen LogP contribution in [0.5, 0.6) is 0 Å². The number of benzene rings is 2.